The molecule has 2 heterocycles. The Balaban J connectivity index is 2.98. The summed E-state index contributed by atoms with van der Waals surface area (Å²) in [7, 11) is 0. The van der Waals surface area contributed by atoms with Crippen LogP contribution in [0.5, 0.6) is 0 Å². The second-order valence-corrected chi connectivity index (χ2v) is 4.57. The van der Waals surface area contributed by atoms with Crippen LogP contribution < -0.4 is 5.56 Å². The number of hydrogen-bond donors (Lipinski definition) is 1. The van der Waals surface area contributed by atoms with Crippen molar-refractivity contribution in [2.45, 2.75) is 26.7 Å². The molecule has 0 amide bonds. The van der Waals surface area contributed by atoms with E-state index in [4.69, 9.17) is 5.26 Å². The van der Waals surface area contributed by atoms with Crippen LogP contribution in [0.3, 0.4) is 0 Å². The number of H-pyrrole nitrogens is 1. The van der Waals surface area contributed by atoms with Gasteiger partial charge in [0, 0.05) is 11.8 Å². The van der Waals surface area contributed by atoms with Gasteiger partial charge in [0.25, 0.3) is 5.56 Å². The van der Waals surface area contributed by atoms with Gasteiger partial charge >= 0.3 is 0 Å². The molecular formula is C13H14N4O. The number of nitrogens with one attached hydrogen (secondary N) is 1. The maximum atomic E-state index is 12.4. The zero-order valence-corrected chi connectivity index (χ0v) is 10.6. The van der Waals surface area contributed by atoms with Gasteiger partial charge in [0.05, 0.1) is 5.69 Å². The van der Waals surface area contributed by atoms with Gasteiger partial charge in [-0.1, -0.05) is 20.4 Å². The van der Waals surface area contributed by atoms with Gasteiger partial charge in [0.15, 0.2) is 5.65 Å². The van der Waals surface area contributed by atoms with Gasteiger partial charge in [0.2, 0.25) is 0 Å². The topological polar surface area (TPSA) is 73.9 Å². The fourth-order valence-corrected chi connectivity index (χ4v) is 1.96. The van der Waals surface area contributed by atoms with Crippen molar-refractivity contribution < 1.29 is 0 Å². The van der Waals surface area contributed by atoms with E-state index < -0.39 is 0 Å². The van der Waals surface area contributed by atoms with Crippen molar-refractivity contribution in [3.05, 3.63) is 40.0 Å². The lowest BCUT2D eigenvalue weighted by atomic mass is 9.99. The van der Waals surface area contributed by atoms with E-state index in [2.05, 4.69) is 16.7 Å². The van der Waals surface area contributed by atoms with Crippen LogP contribution in [0.2, 0.25) is 0 Å². The third-order valence-electron chi connectivity index (χ3n) is 2.80. The molecule has 0 aliphatic carbocycles. The summed E-state index contributed by atoms with van der Waals surface area (Å²) >= 11 is 0. The van der Waals surface area contributed by atoms with Gasteiger partial charge in [0.1, 0.15) is 11.6 Å². The fraction of sp³-hybridized carbons (Fsp3) is 0.308. The molecule has 5 nitrogen and oxygen atoms in total. The van der Waals surface area contributed by atoms with Gasteiger partial charge in [-0.2, -0.15) is 5.26 Å². The van der Waals surface area contributed by atoms with Crippen LogP contribution in [0.15, 0.2) is 17.6 Å². The number of aromatic nitrogens is 3. The Bertz CT molecular complexity index is 728. The number of hydrogen-bond acceptors (Lipinski definition) is 3. The Morgan fingerprint density at radius 3 is 2.78 bits per heavy atom. The first-order chi connectivity index (χ1) is 8.47. The molecule has 0 aliphatic rings. The predicted octanol–water partition coefficient (Wildman–Crippen LogP) is 2.05. The molecule has 0 atom stereocenters. The second-order valence-electron chi connectivity index (χ2n) is 4.57. The summed E-state index contributed by atoms with van der Waals surface area (Å²) in [4.78, 5) is 16.8. The highest BCUT2D eigenvalue weighted by atomic mass is 16.1. The zero-order chi connectivity index (χ0) is 13.4. The van der Waals surface area contributed by atoms with E-state index in [0.717, 1.165) is 5.57 Å². The minimum absolute atomic E-state index is 0.0439. The minimum Gasteiger partial charge on any atom is -0.295 e. The summed E-state index contributed by atoms with van der Waals surface area (Å²) in [6, 6.07) is 2.01. The average Bonchev–Trinajstić information content (AvgIpc) is 2.71. The van der Waals surface area contributed by atoms with Crippen LogP contribution >= 0.6 is 0 Å². The molecule has 5 heteroatoms. The number of nitrogens with zero attached hydrogens (tertiary/aromatic N) is 3. The Kier molecular flexibility index (Phi) is 2.79. The number of fused-ring (bicyclic) bond motifs is 1. The molecule has 92 valence electrons. The van der Waals surface area contributed by atoms with E-state index in [1.54, 1.807) is 0 Å². The van der Waals surface area contributed by atoms with Crippen LogP contribution in [0.4, 0.5) is 0 Å². The van der Waals surface area contributed by atoms with Crippen molar-refractivity contribution in [3.63, 3.8) is 0 Å². The molecule has 0 bridgehead atoms. The van der Waals surface area contributed by atoms with E-state index in [-0.39, 0.29) is 11.5 Å². The summed E-state index contributed by atoms with van der Waals surface area (Å²) in [6.07, 6.45) is 1.48. The monoisotopic (exact) mass is 242 g/mol. The number of allylic oxidation sites excluding steroid dienone is 1. The van der Waals surface area contributed by atoms with E-state index in [9.17, 15) is 4.79 Å². The van der Waals surface area contributed by atoms with Crippen molar-refractivity contribution in [1.82, 2.24) is 14.6 Å². The number of aromatic amines is 1. The third-order valence-corrected chi connectivity index (χ3v) is 2.80. The maximum Gasteiger partial charge on any atom is 0.276 e. The minimum atomic E-state index is -0.172. The van der Waals surface area contributed by atoms with Crippen LogP contribution in [0.25, 0.3) is 11.2 Å². The molecule has 0 aliphatic heterocycles. The highest BCUT2D eigenvalue weighted by Gasteiger charge is 2.18. The van der Waals surface area contributed by atoms with Crippen molar-refractivity contribution in [3.8, 4) is 6.07 Å². The van der Waals surface area contributed by atoms with E-state index in [1.165, 1.54) is 10.7 Å². The lowest BCUT2D eigenvalue weighted by molar-refractivity contribution is 0.788. The first-order valence-electron chi connectivity index (χ1n) is 5.67. The molecule has 0 saturated heterocycles. The Hall–Kier alpha value is -2.35. The van der Waals surface area contributed by atoms with Crippen molar-refractivity contribution in [2.24, 2.45) is 0 Å². The summed E-state index contributed by atoms with van der Waals surface area (Å²) in [5, 5.41) is 11.7. The molecule has 0 fully saturated rings. The standard InChI is InChI=1S/C13H14N4O/c1-7(2)10-11(8(3)4)16-12-9(5-14)6-15-17(12)13(10)18/h6-7,15H,3H2,1-2,4H3. The normalized spacial score (nSPS) is 10.8. The average molecular weight is 242 g/mol. The predicted molar refractivity (Wildman–Crippen MR) is 69.3 cm³/mol. The largest absolute Gasteiger partial charge is 0.295 e. The molecular weight excluding hydrogens is 228 g/mol. The van der Waals surface area contributed by atoms with Gasteiger partial charge < -0.3 is 0 Å². The molecule has 2 aromatic heterocycles. The molecule has 0 saturated carbocycles. The van der Waals surface area contributed by atoms with E-state index in [1.807, 2.05) is 26.8 Å². The molecule has 1 N–H and O–H groups in total. The Morgan fingerprint density at radius 1 is 1.61 bits per heavy atom. The van der Waals surface area contributed by atoms with Crippen molar-refractivity contribution >= 4 is 11.2 Å². The SMILES string of the molecule is C=C(C)c1nc2c(C#N)c[nH]n2c(=O)c1C(C)C. The molecule has 2 aromatic rings. The lowest BCUT2D eigenvalue weighted by Crippen LogP contribution is -2.23. The van der Waals surface area contributed by atoms with Crippen LogP contribution in [-0.4, -0.2) is 14.6 Å². The maximum absolute atomic E-state index is 12.4. The van der Waals surface area contributed by atoms with Gasteiger partial charge in [-0.3, -0.25) is 9.89 Å². The highest BCUT2D eigenvalue weighted by molar-refractivity contribution is 5.65. The van der Waals surface area contributed by atoms with Crippen LogP contribution in [-0.2, 0) is 0 Å². The molecule has 0 radical (unpaired) electrons. The first kappa shape index (κ1) is 12.1. The van der Waals surface area contributed by atoms with Crippen molar-refractivity contribution in [2.75, 3.05) is 0 Å². The molecule has 0 spiro atoms. The van der Waals surface area contributed by atoms with Crippen molar-refractivity contribution in [1.29, 1.82) is 5.26 Å². The van der Waals surface area contributed by atoms with E-state index >= 15 is 0 Å². The Morgan fingerprint density at radius 2 is 2.28 bits per heavy atom. The molecule has 2 rings (SSSR count). The fourth-order valence-electron chi connectivity index (χ4n) is 1.96. The summed E-state index contributed by atoms with van der Waals surface area (Å²) in [5.74, 6) is 0.0439. The smallest absolute Gasteiger partial charge is 0.276 e. The molecule has 0 aromatic carbocycles. The summed E-state index contributed by atoms with van der Waals surface area (Å²) in [6.45, 7) is 9.53. The summed E-state index contributed by atoms with van der Waals surface area (Å²) < 4.78 is 1.31. The third kappa shape index (κ3) is 1.63. The Labute approximate surface area is 104 Å². The van der Waals surface area contributed by atoms with Gasteiger partial charge in [-0.15, -0.1) is 0 Å². The number of rotatable bonds is 2. The second kappa shape index (κ2) is 4.15. The van der Waals surface area contributed by atoms with E-state index in [0.29, 0.717) is 22.5 Å². The van der Waals surface area contributed by atoms with Crippen LogP contribution in [0, 0.1) is 11.3 Å². The highest BCUT2D eigenvalue weighted by Crippen LogP contribution is 2.21. The quantitative estimate of drug-likeness (QED) is 0.875. The molecule has 18 heavy (non-hydrogen) atoms. The molecule has 0 unspecified atom stereocenters. The van der Waals surface area contributed by atoms with Gasteiger partial charge in [-0.05, 0) is 18.4 Å². The number of nitriles is 1. The van der Waals surface area contributed by atoms with Crippen LogP contribution in [0.1, 0.15) is 43.5 Å². The summed E-state index contributed by atoms with van der Waals surface area (Å²) in [5.41, 5.74) is 2.46. The first-order valence-corrected chi connectivity index (χ1v) is 5.67. The zero-order valence-electron chi connectivity index (χ0n) is 10.6. The lowest BCUT2D eigenvalue weighted by Gasteiger charge is -2.11. The van der Waals surface area contributed by atoms with Gasteiger partial charge in [-0.25, -0.2) is 9.50 Å².